The number of benzene rings is 1. The van der Waals surface area contributed by atoms with Gasteiger partial charge in [-0.2, -0.15) is 0 Å². The van der Waals surface area contributed by atoms with E-state index in [1.165, 1.54) is 0 Å². The lowest BCUT2D eigenvalue weighted by Gasteiger charge is -2.16. The normalized spacial score (nSPS) is 12.2. The van der Waals surface area contributed by atoms with Gasteiger partial charge in [-0.1, -0.05) is 23.4 Å². The summed E-state index contributed by atoms with van der Waals surface area (Å²) in [4.78, 5) is 12.1. The van der Waals surface area contributed by atoms with Gasteiger partial charge in [-0.15, -0.1) is 0 Å². The Morgan fingerprint density at radius 1 is 1.35 bits per heavy atom. The number of carbonyl (C=O) groups excluding carboxylic acids is 1. The number of hydrogen-bond donors (Lipinski definition) is 1. The fourth-order valence-electron chi connectivity index (χ4n) is 1.97. The van der Waals surface area contributed by atoms with Gasteiger partial charge in [-0.05, 0) is 38.5 Å². The van der Waals surface area contributed by atoms with Gasteiger partial charge in [-0.3, -0.25) is 4.79 Å². The second-order valence-electron chi connectivity index (χ2n) is 4.98. The van der Waals surface area contributed by atoms with Crippen molar-refractivity contribution in [1.29, 1.82) is 0 Å². The minimum atomic E-state index is -0.714. The van der Waals surface area contributed by atoms with E-state index in [0.717, 1.165) is 5.56 Å². The number of carbonyl (C=O) groups is 1. The smallest absolute Gasteiger partial charge is 0.266 e. The van der Waals surface area contributed by atoms with Crippen molar-refractivity contribution in [2.45, 2.75) is 26.9 Å². The number of rotatable bonds is 6. The summed E-state index contributed by atoms with van der Waals surface area (Å²) in [6.45, 7) is 5.34. The molecule has 0 aliphatic rings. The summed E-state index contributed by atoms with van der Waals surface area (Å²) in [5.41, 5.74) is 0.992. The van der Waals surface area contributed by atoms with E-state index in [0.29, 0.717) is 23.1 Å². The van der Waals surface area contributed by atoms with Gasteiger partial charge in [-0.25, -0.2) is 0 Å². The molecule has 6 heteroatoms. The molecule has 0 aliphatic heterocycles. The van der Waals surface area contributed by atoms with Gasteiger partial charge in [0.25, 0.3) is 5.91 Å². The van der Waals surface area contributed by atoms with Crippen LogP contribution >= 0.6 is 0 Å². The molecule has 1 aromatic carbocycles. The van der Waals surface area contributed by atoms with Gasteiger partial charge in [0.05, 0.1) is 7.11 Å². The van der Waals surface area contributed by atoms with Crippen LogP contribution in [0.5, 0.6) is 11.5 Å². The molecule has 1 unspecified atom stereocenters. The molecule has 1 amide bonds. The number of allylic oxidation sites excluding steroid dienone is 1. The molecule has 122 valence electrons. The number of amides is 1. The first-order valence-corrected chi connectivity index (χ1v) is 7.25. The summed E-state index contributed by atoms with van der Waals surface area (Å²) in [5, 5.41) is 6.35. The van der Waals surface area contributed by atoms with Crippen LogP contribution in [0, 0.1) is 6.92 Å². The fraction of sp³-hybridized carbons (Fsp3) is 0.294. The third-order valence-corrected chi connectivity index (χ3v) is 3.10. The van der Waals surface area contributed by atoms with Gasteiger partial charge < -0.3 is 19.3 Å². The molecule has 2 rings (SSSR count). The molecule has 0 saturated heterocycles. The molecule has 1 atom stereocenters. The van der Waals surface area contributed by atoms with Gasteiger partial charge >= 0.3 is 0 Å². The van der Waals surface area contributed by atoms with Crippen LogP contribution in [-0.4, -0.2) is 24.3 Å². The second kappa shape index (κ2) is 7.49. The van der Waals surface area contributed by atoms with E-state index < -0.39 is 6.10 Å². The highest BCUT2D eigenvalue weighted by atomic mass is 16.5. The van der Waals surface area contributed by atoms with Gasteiger partial charge in [0, 0.05) is 6.07 Å². The molecule has 0 saturated carbocycles. The molecule has 1 heterocycles. The van der Waals surface area contributed by atoms with Crippen LogP contribution in [0.4, 0.5) is 5.82 Å². The first-order chi connectivity index (χ1) is 11.0. The standard InChI is InChI=1S/C17H20N2O4/c1-5-6-13-7-8-14(15(10-13)21-4)22-12(3)17(20)18-16-9-11(2)23-19-16/h5-10,12H,1-4H3,(H,18,19,20)/b6-5+. The minimum absolute atomic E-state index is 0.321. The molecule has 1 aromatic heterocycles. The maximum atomic E-state index is 12.1. The monoisotopic (exact) mass is 316 g/mol. The van der Waals surface area contributed by atoms with Crippen LogP contribution in [0.15, 0.2) is 34.9 Å². The van der Waals surface area contributed by atoms with Crippen molar-refractivity contribution in [2.24, 2.45) is 0 Å². The molecule has 0 radical (unpaired) electrons. The predicted molar refractivity (Wildman–Crippen MR) is 87.7 cm³/mol. The number of aryl methyl sites for hydroxylation is 1. The van der Waals surface area contributed by atoms with Crippen molar-refractivity contribution in [3.63, 3.8) is 0 Å². The van der Waals surface area contributed by atoms with Crippen molar-refractivity contribution in [1.82, 2.24) is 5.16 Å². The number of aromatic nitrogens is 1. The van der Waals surface area contributed by atoms with Crippen molar-refractivity contribution in [3.8, 4) is 11.5 Å². The molecule has 2 aromatic rings. The largest absolute Gasteiger partial charge is 0.493 e. The highest BCUT2D eigenvalue weighted by molar-refractivity contribution is 5.93. The lowest BCUT2D eigenvalue weighted by Crippen LogP contribution is -2.30. The Morgan fingerprint density at radius 2 is 2.13 bits per heavy atom. The number of ether oxygens (including phenoxy) is 2. The zero-order chi connectivity index (χ0) is 16.8. The van der Waals surface area contributed by atoms with Gasteiger partial charge in [0.1, 0.15) is 5.76 Å². The van der Waals surface area contributed by atoms with Gasteiger partial charge in [0.2, 0.25) is 0 Å². The Morgan fingerprint density at radius 3 is 2.74 bits per heavy atom. The Labute approximate surface area is 135 Å². The van der Waals surface area contributed by atoms with E-state index in [9.17, 15) is 4.79 Å². The van der Waals surface area contributed by atoms with Crippen molar-refractivity contribution < 1.29 is 18.8 Å². The summed E-state index contributed by atoms with van der Waals surface area (Å²) in [7, 11) is 1.56. The molecule has 0 bridgehead atoms. The quantitative estimate of drug-likeness (QED) is 0.884. The molecule has 0 spiro atoms. The molecule has 6 nitrogen and oxygen atoms in total. The van der Waals surface area contributed by atoms with E-state index in [1.54, 1.807) is 33.1 Å². The zero-order valence-corrected chi connectivity index (χ0v) is 13.6. The summed E-state index contributed by atoms with van der Waals surface area (Å²) >= 11 is 0. The average Bonchev–Trinajstić information content (AvgIpc) is 2.93. The second-order valence-corrected chi connectivity index (χ2v) is 4.98. The molecule has 0 fully saturated rings. The van der Waals surface area contributed by atoms with Crippen LogP contribution in [0.2, 0.25) is 0 Å². The number of nitrogens with one attached hydrogen (secondary N) is 1. The number of methoxy groups -OCH3 is 1. The van der Waals surface area contributed by atoms with Gasteiger partial charge in [0.15, 0.2) is 23.4 Å². The third kappa shape index (κ3) is 4.35. The predicted octanol–water partition coefficient (Wildman–Crippen LogP) is 3.43. The summed E-state index contributed by atoms with van der Waals surface area (Å²) in [6, 6.07) is 7.15. The highest BCUT2D eigenvalue weighted by Gasteiger charge is 2.18. The van der Waals surface area contributed by atoms with Crippen LogP contribution in [0.25, 0.3) is 6.08 Å². The Bertz CT molecular complexity index is 706. The van der Waals surface area contributed by atoms with Crippen LogP contribution in [-0.2, 0) is 4.79 Å². The lowest BCUT2D eigenvalue weighted by molar-refractivity contribution is -0.122. The fourth-order valence-corrected chi connectivity index (χ4v) is 1.97. The Kier molecular flexibility index (Phi) is 5.41. The van der Waals surface area contributed by atoms with Crippen molar-refractivity contribution >= 4 is 17.8 Å². The van der Waals surface area contributed by atoms with E-state index in [1.807, 2.05) is 31.2 Å². The molecule has 1 N–H and O–H groups in total. The first-order valence-electron chi connectivity index (χ1n) is 7.25. The maximum absolute atomic E-state index is 12.1. The molecule has 0 aliphatic carbocycles. The highest BCUT2D eigenvalue weighted by Crippen LogP contribution is 2.29. The first kappa shape index (κ1) is 16.6. The van der Waals surface area contributed by atoms with E-state index in [-0.39, 0.29) is 5.91 Å². The summed E-state index contributed by atoms with van der Waals surface area (Å²) < 4.78 is 15.9. The third-order valence-electron chi connectivity index (χ3n) is 3.10. The number of nitrogens with zero attached hydrogens (tertiary/aromatic N) is 1. The zero-order valence-electron chi connectivity index (χ0n) is 13.6. The summed E-state index contributed by atoms with van der Waals surface area (Å²) in [6.07, 6.45) is 3.18. The van der Waals surface area contributed by atoms with E-state index >= 15 is 0 Å². The van der Waals surface area contributed by atoms with E-state index in [4.69, 9.17) is 14.0 Å². The molecule has 23 heavy (non-hydrogen) atoms. The molecular formula is C17H20N2O4. The SMILES string of the molecule is C/C=C/c1ccc(OC(C)C(=O)Nc2cc(C)on2)c(OC)c1. The van der Waals surface area contributed by atoms with Crippen LogP contribution in [0.3, 0.4) is 0 Å². The van der Waals surface area contributed by atoms with Crippen molar-refractivity contribution in [3.05, 3.63) is 41.7 Å². The van der Waals surface area contributed by atoms with E-state index in [2.05, 4.69) is 10.5 Å². The lowest BCUT2D eigenvalue weighted by atomic mass is 10.2. The Hall–Kier alpha value is -2.76. The minimum Gasteiger partial charge on any atom is -0.493 e. The number of hydrogen-bond acceptors (Lipinski definition) is 5. The number of anilines is 1. The van der Waals surface area contributed by atoms with Crippen LogP contribution < -0.4 is 14.8 Å². The molecular weight excluding hydrogens is 296 g/mol. The maximum Gasteiger partial charge on any atom is 0.266 e. The summed E-state index contributed by atoms with van der Waals surface area (Å²) in [5.74, 6) is 1.73. The topological polar surface area (TPSA) is 73.6 Å². The Balaban J connectivity index is 2.06. The average molecular weight is 316 g/mol. The van der Waals surface area contributed by atoms with Crippen molar-refractivity contribution in [2.75, 3.05) is 12.4 Å². The van der Waals surface area contributed by atoms with Crippen LogP contribution in [0.1, 0.15) is 25.2 Å².